The number of benzene rings is 1. The Hall–Kier alpha value is -0.911. The Morgan fingerprint density at radius 3 is 1.96 bits per heavy atom. The third kappa shape index (κ3) is 6.53. The Morgan fingerprint density at radius 2 is 1.54 bits per heavy atom. The molecule has 24 heavy (non-hydrogen) atoms. The topological polar surface area (TPSA) is 72.5 Å². The third-order valence-corrected chi connectivity index (χ3v) is 17.1. The molecule has 0 radical (unpaired) electrons. The van der Waals surface area contributed by atoms with Crippen LogP contribution in [-0.2, 0) is 3.07 Å². The summed E-state index contributed by atoms with van der Waals surface area (Å²) in [7, 11) is 0. The normalized spacial score (nSPS) is 11.5. The van der Waals surface area contributed by atoms with Crippen LogP contribution in [0.1, 0.15) is 69.7 Å². The molecule has 0 amide bonds. The monoisotopic (exact) mass is 443 g/mol. The van der Waals surface area contributed by atoms with Gasteiger partial charge in [0.1, 0.15) is 0 Å². The zero-order valence-corrected chi connectivity index (χ0v) is 18.3. The van der Waals surface area contributed by atoms with E-state index in [0.29, 0.717) is 5.69 Å². The van der Waals surface area contributed by atoms with Crippen LogP contribution in [0.25, 0.3) is 0 Å². The Balaban J connectivity index is 3.00. The van der Waals surface area contributed by atoms with Crippen LogP contribution < -0.4 is 5.73 Å². The molecule has 1 aromatic carbocycles. The number of nitrogens with two attached hydrogens (primary N) is 1. The first-order chi connectivity index (χ1) is 11.5. The number of rotatable bonds is 11. The van der Waals surface area contributed by atoms with Crippen LogP contribution >= 0.6 is 0 Å². The van der Waals surface area contributed by atoms with E-state index in [1.165, 1.54) is 6.07 Å². The number of phenolic OH excluding ortho intramolecular Hbond substituents is 1. The molecular weight excluding hydrogens is 409 g/mol. The predicted octanol–water partition coefficient (Wildman–Crippen LogP) is 5.48. The van der Waals surface area contributed by atoms with Gasteiger partial charge in [-0.2, -0.15) is 0 Å². The van der Waals surface area contributed by atoms with E-state index in [1.807, 2.05) is 0 Å². The van der Waals surface area contributed by atoms with Gasteiger partial charge in [-0.1, -0.05) is 0 Å². The molecule has 3 N–H and O–H groups in total. The molecule has 1 aromatic rings. The quantitative estimate of drug-likeness (QED) is 0.352. The van der Waals surface area contributed by atoms with Crippen LogP contribution in [0.15, 0.2) is 18.2 Å². The van der Waals surface area contributed by atoms with E-state index in [9.17, 15) is 9.90 Å². The number of carbonyl (C=O) groups excluding carboxylic acids is 1. The van der Waals surface area contributed by atoms with Gasteiger partial charge in [-0.25, -0.2) is 0 Å². The Kier molecular flexibility index (Phi) is 9.55. The fourth-order valence-electron chi connectivity index (χ4n) is 3.00. The number of unbranched alkanes of at least 4 members (excludes halogenated alkanes) is 3. The standard InChI is InChI=1S/C7H7NO3.3C4H9.Sn/c8-4-1-2-5(7(10)11)6(9)3-4;3*1-3-4-2;/h1-3,9H,8H2,(H,10,11);3*1,3-4H2,2H3;/q;;;;+1/p-1. The predicted molar refractivity (Wildman–Crippen MR) is 103 cm³/mol. The third-order valence-electron chi connectivity index (χ3n) is 4.51. The minimum atomic E-state index is -3.01. The first kappa shape index (κ1) is 21.1. The summed E-state index contributed by atoms with van der Waals surface area (Å²) in [4.78, 5) is 12.7. The number of hydrogen-bond acceptors (Lipinski definition) is 4. The van der Waals surface area contributed by atoms with Gasteiger partial charge in [0, 0.05) is 0 Å². The summed E-state index contributed by atoms with van der Waals surface area (Å²) in [6, 6.07) is 4.62. The van der Waals surface area contributed by atoms with Gasteiger partial charge in [0.2, 0.25) is 0 Å². The van der Waals surface area contributed by atoms with Crippen molar-refractivity contribution in [3.8, 4) is 5.75 Å². The fourth-order valence-corrected chi connectivity index (χ4v) is 16.0. The molecule has 4 nitrogen and oxygen atoms in total. The number of anilines is 1. The Bertz CT molecular complexity index is 498. The van der Waals surface area contributed by atoms with Crippen molar-refractivity contribution in [2.24, 2.45) is 0 Å². The molecule has 0 saturated heterocycles. The van der Waals surface area contributed by atoms with Crippen LogP contribution in [0.3, 0.4) is 0 Å². The molecule has 0 aromatic heterocycles. The van der Waals surface area contributed by atoms with Gasteiger partial charge in [-0.15, -0.1) is 0 Å². The molecule has 0 bridgehead atoms. The molecule has 0 saturated carbocycles. The van der Waals surface area contributed by atoms with Gasteiger partial charge in [-0.05, 0) is 0 Å². The van der Waals surface area contributed by atoms with Crippen molar-refractivity contribution in [1.82, 2.24) is 0 Å². The van der Waals surface area contributed by atoms with Crippen molar-refractivity contribution in [3.05, 3.63) is 23.8 Å². The number of nitrogen functional groups attached to an aromatic ring is 1. The van der Waals surface area contributed by atoms with Crippen LogP contribution in [-0.4, -0.2) is 29.9 Å². The van der Waals surface area contributed by atoms with Gasteiger partial charge < -0.3 is 0 Å². The zero-order chi connectivity index (χ0) is 18.0. The Labute approximate surface area is 151 Å². The van der Waals surface area contributed by atoms with E-state index in [1.54, 1.807) is 12.1 Å². The minimum absolute atomic E-state index is 0.0818. The van der Waals surface area contributed by atoms with Crippen LogP contribution in [0.4, 0.5) is 5.69 Å². The zero-order valence-electron chi connectivity index (χ0n) is 15.4. The summed E-state index contributed by atoms with van der Waals surface area (Å²) in [6.07, 6.45) is 6.77. The van der Waals surface area contributed by atoms with Crippen molar-refractivity contribution < 1.29 is 13.0 Å². The van der Waals surface area contributed by atoms with Crippen LogP contribution in [0.5, 0.6) is 5.75 Å². The molecular formula is C19H33NO3Sn. The molecule has 5 heteroatoms. The van der Waals surface area contributed by atoms with Gasteiger partial charge in [0.15, 0.2) is 0 Å². The molecule has 0 unspecified atom stereocenters. The number of phenols is 1. The second kappa shape index (κ2) is 10.9. The van der Waals surface area contributed by atoms with E-state index in [-0.39, 0.29) is 17.3 Å². The van der Waals surface area contributed by atoms with Gasteiger partial charge in [0.05, 0.1) is 0 Å². The van der Waals surface area contributed by atoms with Crippen LogP contribution in [0, 0.1) is 0 Å². The average Bonchev–Trinajstić information content (AvgIpc) is 2.56. The molecule has 0 aliphatic rings. The van der Waals surface area contributed by atoms with Crippen molar-refractivity contribution in [2.45, 2.75) is 72.6 Å². The van der Waals surface area contributed by atoms with E-state index in [2.05, 4.69) is 20.8 Å². The van der Waals surface area contributed by atoms with E-state index < -0.39 is 18.8 Å². The maximum atomic E-state index is 12.7. The van der Waals surface area contributed by atoms with E-state index in [0.717, 1.165) is 51.8 Å². The molecule has 0 fully saturated rings. The van der Waals surface area contributed by atoms with Gasteiger partial charge in [0.25, 0.3) is 0 Å². The summed E-state index contributed by atoms with van der Waals surface area (Å²) in [5.74, 6) is -0.437. The summed E-state index contributed by atoms with van der Waals surface area (Å²) in [6.45, 7) is 6.55. The van der Waals surface area contributed by atoms with Crippen molar-refractivity contribution in [2.75, 3.05) is 5.73 Å². The maximum absolute atomic E-state index is 12.7. The molecule has 0 heterocycles. The first-order valence-corrected chi connectivity index (χ1v) is 16.5. The summed E-state index contributed by atoms with van der Waals surface area (Å²) >= 11 is -3.01. The number of aromatic hydroxyl groups is 1. The molecule has 1 rings (SSSR count). The SMILES string of the molecule is CCC[CH2][Sn]([CH2]CCC)([CH2]CCC)[O]C(=O)c1ccc(N)cc1O. The van der Waals surface area contributed by atoms with Gasteiger partial charge >= 0.3 is 151 Å². The molecule has 0 spiro atoms. The van der Waals surface area contributed by atoms with Gasteiger partial charge in [-0.3, -0.25) is 0 Å². The molecule has 0 atom stereocenters. The van der Waals surface area contributed by atoms with Crippen molar-refractivity contribution >= 4 is 30.4 Å². The molecule has 0 aliphatic carbocycles. The van der Waals surface area contributed by atoms with Crippen molar-refractivity contribution in [1.29, 1.82) is 0 Å². The first-order valence-electron chi connectivity index (χ1n) is 9.29. The second-order valence-electron chi connectivity index (χ2n) is 6.66. The average molecular weight is 442 g/mol. The van der Waals surface area contributed by atoms with Crippen molar-refractivity contribution in [3.63, 3.8) is 0 Å². The molecule has 0 aliphatic heterocycles. The number of carbonyl (C=O) groups is 1. The Morgan fingerprint density at radius 1 is 1.04 bits per heavy atom. The summed E-state index contributed by atoms with van der Waals surface area (Å²) in [5.41, 5.74) is 6.34. The fraction of sp³-hybridized carbons (Fsp3) is 0.632. The second-order valence-corrected chi connectivity index (χ2v) is 18.3. The van der Waals surface area contributed by atoms with Crippen LogP contribution in [0.2, 0.25) is 13.3 Å². The summed E-state index contributed by atoms with van der Waals surface area (Å²) in [5, 5.41) is 10.0. The van der Waals surface area contributed by atoms with E-state index >= 15 is 0 Å². The summed E-state index contributed by atoms with van der Waals surface area (Å²) < 4.78 is 9.49. The molecule has 136 valence electrons. The number of hydrogen-bond donors (Lipinski definition) is 2. The van der Waals surface area contributed by atoms with E-state index in [4.69, 9.17) is 8.81 Å².